The zero-order chi connectivity index (χ0) is 15.3. The lowest BCUT2D eigenvalue weighted by molar-refractivity contribution is 0.0320. The smallest absolute Gasteiger partial charge is 0.241 e. The number of ether oxygens (including phenoxy) is 2. The molecule has 1 atom stereocenters. The van der Waals surface area contributed by atoms with Gasteiger partial charge in [-0.3, -0.25) is 0 Å². The number of anilines is 1. The first-order valence-electron chi connectivity index (χ1n) is 6.95. The normalized spacial score (nSPS) is 16.1. The van der Waals surface area contributed by atoms with Crippen molar-refractivity contribution in [3.63, 3.8) is 0 Å². The van der Waals surface area contributed by atoms with Crippen LogP contribution >= 0.6 is 0 Å². The summed E-state index contributed by atoms with van der Waals surface area (Å²) in [5.74, 6) is 0. The molecular formula is C14H22N2O4S. The number of rotatable bonds is 7. The molecule has 118 valence electrons. The Bertz CT molecular complexity index is 574. The zero-order valence-electron chi connectivity index (χ0n) is 12.4. The third-order valence-corrected chi connectivity index (χ3v) is 5.04. The quantitative estimate of drug-likeness (QED) is 0.785. The van der Waals surface area contributed by atoms with Crippen molar-refractivity contribution in [1.82, 2.24) is 4.72 Å². The maximum Gasteiger partial charge on any atom is 0.241 e. The van der Waals surface area contributed by atoms with Gasteiger partial charge in [-0.2, -0.15) is 0 Å². The van der Waals surface area contributed by atoms with Crippen LogP contribution in [0.2, 0.25) is 0 Å². The fourth-order valence-corrected chi connectivity index (χ4v) is 3.76. The molecule has 0 amide bonds. The summed E-state index contributed by atoms with van der Waals surface area (Å²) in [6, 6.07) is 5.32. The molecular weight excluding hydrogens is 292 g/mol. The van der Waals surface area contributed by atoms with Gasteiger partial charge in [-0.25, -0.2) is 13.1 Å². The van der Waals surface area contributed by atoms with Crippen LogP contribution in [-0.2, 0) is 25.9 Å². The molecule has 2 N–H and O–H groups in total. The van der Waals surface area contributed by atoms with Crippen LogP contribution in [0.5, 0.6) is 0 Å². The predicted octanol–water partition coefficient (Wildman–Crippen LogP) is 0.984. The zero-order valence-corrected chi connectivity index (χ0v) is 13.2. The second kappa shape index (κ2) is 7.22. The first-order chi connectivity index (χ1) is 10.1. The van der Waals surface area contributed by atoms with E-state index in [1.807, 2.05) is 6.07 Å². The van der Waals surface area contributed by atoms with E-state index >= 15 is 0 Å². The highest BCUT2D eigenvalue weighted by molar-refractivity contribution is 7.89. The average molecular weight is 314 g/mol. The van der Waals surface area contributed by atoms with Crippen LogP contribution in [-0.4, -0.2) is 48.4 Å². The molecule has 0 saturated heterocycles. The summed E-state index contributed by atoms with van der Waals surface area (Å²) >= 11 is 0. The SMILES string of the molecule is COCC(CNS(=O)(=O)c1cccc2c1CCCN2)OC. The third kappa shape index (κ3) is 3.94. The number of fused-ring (bicyclic) bond motifs is 1. The van der Waals surface area contributed by atoms with Gasteiger partial charge in [0, 0.05) is 33.0 Å². The van der Waals surface area contributed by atoms with Gasteiger partial charge in [0.2, 0.25) is 10.0 Å². The minimum atomic E-state index is -3.55. The van der Waals surface area contributed by atoms with Crippen molar-refractivity contribution in [2.45, 2.75) is 23.8 Å². The Kier molecular flexibility index (Phi) is 5.58. The van der Waals surface area contributed by atoms with Crippen molar-refractivity contribution in [3.05, 3.63) is 23.8 Å². The van der Waals surface area contributed by atoms with Gasteiger partial charge in [-0.05, 0) is 30.5 Å². The standard InChI is InChI=1S/C14H22N2O4S/c1-19-10-11(20-2)9-16-21(17,18)14-7-3-6-13-12(14)5-4-8-15-13/h3,6-7,11,15-16H,4-5,8-10H2,1-2H3. The molecule has 21 heavy (non-hydrogen) atoms. The lowest BCUT2D eigenvalue weighted by Gasteiger charge is -2.21. The number of nitrogens with one attached hydrogen (secondary N) is 2. The second-order valence-electron chi connectivity index (χ2n) is 4.98. The van der Waals surface area contributed by atoms with E-state index in [-0.39, 0.29) is 12.6 Å². The van der Waals surface area contributed by atoms with E-state index in [9.17, 15) is 8.42 Å². The Morgan fingerprint density at radius 1 is 1.38 bits per heavy atom. The molecule has 0 spiro atoms. The Balaban J connectivity index is 2.16. The average Bonchev–Trinajstić information content (AvgIpc) is 2.50. The van der Waals surface area contributed by atoms with Crippen molar-refractivity contribution in [1.29, 1.82) is 0 Å². The van der Waals surface area contributed by atoms with Crippen LogP contribution in [0, 0.1) is 0 Å². The van der Waals surface area contributed by atoms with Crippen LogP contribution in [0.3, 0.4) is 0 Å². The van der Waals surface area contributed by atoms with Gasteiger partial charge >= 0.3 is 0 Å². The van der Waals surface area contributed by atoms with Gasteiger partial charge in [0.1, 0.15) is 0 Å². The summed E-state index contributed by atoms with van der Waals surface area (Å²) in [7, 11) is -0.461. The minimum Gasteiger partial charge on any atom is -0.385 e. The van der Waals surface area contributed by atoms with Crippen molar-refractivity contribution in [3.8, 4) is 0 Å². The van der Waals surface area contributed by atoms with Gasteiger partial charge in [-0.1, -0.05) is 6.07 Å². The molecule has 0 saturated carbocycles. The number of benzene rings is 1. The maximum atomic E-state index is 12.5. The summed E-state index contributed by atoms with van der Waals surface area (Å²) < 4.78 is 37.7. The monoisotopic (exact) mass is 314 g/mol. The van der Waals surface area contributed by atoms with Crippen LogP contribution < -0.4 is 10.0 Å². The Morgan fingerprint density at radius 3 is 2.90 bits per heavy atom. The van der Waals surface area contributed by atoms with Gasteiger partial charge < -0.3 is 14.8 Å². The molecule has 7 heteroatoms. The highest BCUT2D eigenvalue weighted by Crippen LogP contribution is 2.28. The molecule has 1 aromatic rings. The Hall–Kier alpha value is -1.15. The molecule has 6 nitrogen and oxygen atoms in total. The predicted molar refractivity (Wildman–Crippen MR) is 81.1 cm³/mol. The van der Waals surface area contributed by atoms with Gasteiger partial charge in [0.05, 0.1) is 17.6 Å². The fraction of sp³-hybridized carbons (Fsp3) is 0.571. The summed E-state index contributed by atoms with van der Waals surface area (Å²) in [6.07, 6.45) is 1.40. The van der Waals surface area contributed by atoms with Gasteiger partial charge in [0.15, 0.2) is 0 Å². The molecule has 1 heterocycles. The highest BCUT2D eigenvalue weighted by Gasteiger charge is 2.23. The first-order valence-corrected chi connectivity index (χ1v) is 8.44. The topological polar surface area (TPSA) is 76.7 Å². The lowest BCUT2D eigenvalue weighted by Crippen LogP contribution is -2.36. The van der Waals surface area contributed by atoms with E-state index in [0.29, 0.717) is 11.5 Å². The summed E-state index contributed by atoms with van der Waals surface area (Å²) in [4.78, 5) is 0.347. The number of hydrogen-bond donors (Lipinski definition) is 2. The molecule has 0 aromatic heterocycles. The molecule has 0 aliphatic carbocycles. The summed E-state index contributed by atoms with van der Waals surface area (Å²) in [5.41, 5.74) is 1.77. The van der Waals surface area contributed by atoms with Gasteiger partial charge in [-0.15, -0.1) is 0 Å². The van der Waals surface area contributed by atoms with Crippen LogP contribution in [0.25, 0.3) is 0 Å². The largest absolute Gasteiger partial charge is 0.385 e. The summed E-state index contributed by atoms with van der Waals surface area (Å²) in [6.45, 7) is 1.40. The third-order valence-electron chi connectivity index (χ3n) is 3.53. The lowest BCUT2D eigenvalue weighted by atomic mass is 10.0. The fourth-order valence-electron chi connectivity index (χ4n) is 2.41. The number of methoxy groups -OCH3 is 2. The van der Waals surface area contributed by atoms with Crippen molar-refractivity contribution in [2.24, 2.45) is 0 Å². The molecule has 2 rings (SSSR count). The summed E-state index contributed by atoms with van der Waals surface area (Å²) in [5, 5.41) is 3.23. The Labute approximate surface area is 125 Å². The minimum absolute atomic E-state index is 0.184. The van der Waals surface area contributed by atoms with Crippen LogP contribution in [0.1, 0.15) is 12.0 Å². The second-order valence-corrected chi connectivity index (χ2v) is 6.71. The highest BCUT2D eigenvalue weighted by atomic mass is 32.2. The van der Waals surface area contributed by atoms with E-state index < -0.39 is 10.0 Å². The molecule has 1 aromatic carbocycles. The molecule has 0 fully saturated rings. The van der Waals surface area contributed by atoms with E-state index in [0.717, 1.165) is 30.6 Å². The van der Waals surface area contributed by atoms with Crippen molar-refractivity contribution >= 4 is 15.7 Å². The van der Waals surface area contributed by atoms with Crippen LogP contribution in [0.15, 0.2) is 23.1 Å². The van der Waals surface area contributed by atoms with Crippen molar-refractivity contribution < 1.29 is 17.9 Å². The molecule has 1 aliphatic heterocycles. The van der Waals surface area contributed by atoms with Crippen molar-refractivity contribution in [2.75, 3.05) is 39.2 Å². The molecule has 1 unspecified atom stereocenters. The Morgan fingerprint density at radius 2 is 2.19 bits per heavy atom. The van der Waals surface area contributed by atoms with Crippen LogP contribution in [0.4, 0.5) is 5.69 Å². The first kappa shape index (κ1) is 16.2. The molecule has 0 bridgehead atoms. The van der Waals surface area contributed by atoms with E-state index in [2.05, 4.69) is 10.0 Å². The van der Waals surface area contributed by atoms with E-state index in [4.69, 9.17) is 9.47 Å². The maximum absolute atomic E-state index is 12.5. The molecule has 1 aliphatic rings. The van der Waals surface area contributed by atoms with E-state index in [1.165, 1.54) is 7.11 Å². The number of sulfonamides is 1. The molecule has 0 radical (unpaired) electrons. The van der Waals surface area contributed by atoms with Gasteiger partial charge in [0.25, 0.3) is 0 Å². The number of hydrogen-bond acceptors (Lipinski definition) is 5. The van der Waals surface area contributed by atoms with E-state index in [1.54, 1.807) is 19.2 Å².